The van der Waals surface area contributed by atoms with Gasteiger partial charge in [0, 0.05) is 29.5 Å². The van der Waals surface area contributed by atoms with Gasteiger partial charge < -0.3 is 5.32 Å². The Morgan fingerprint density at radius 3 is 2.75 bits per heavy atom. The van der Waals surface area contributed by atoms with E-state index in [1.807, 2.05) is 6.26 Å². The van der Waals surface area contributed by atoms with Crippen LogP contribution in [0.1, 0.15) is 12.8 Å². The predicted octanol–water partition coefficient (Wildman–Crippen LogP) is 0.333. The standard InChI is InChI=1S/C7H13NO2S2/c1-11-7(12(2)10)4-5-3-6(9)8-5/h5,7H,3-4H2,1-2H3,(H,8,9). The zero-order valence-electron chi connectivity index (χ0n) is 7.20. The average Bonchev–Trinajstić information content (AvgIpc) is 1.95. The van der Waals surface area contributed by atoms with Crippen LogP contribution in [0.4, 0.5) is 0 Å². The number of hydrogen-bond donors (Lipinski definition) is 1. The van der Waals surface area contributed by atoms with Crippen LogP contribution in [0.25, 0.3) is 0 Å². The Morgan fingerprint density at radius 1 is 1.83 bits per heavy atom. The molecule has 0 aliphatic carbocycles. The Labute approximate surface area is 79.1 Å². The number of amides is 1. The first-order chi connectivity index (χ1) is 5.63. The molecule has 3 unspecified atom stereocenters. The fraction of sp³-hybridized carbons (Fsp3) is 0.857. The van der Waals surface area contributed by atoms with Crippen molar-refractivity contribution in [3.63, 3.8) is 0 Å². The Morgan fingerprint density at radius 2 is 2.42 bits per heavy atom. The van der Waals surface area contributed by atoms with Crippen LogP contribution < -0.4 is 5.32 Å². The highest BCUT2D eigenvalue weighted by Crippen LogP contribution is 2.20. The summed E-state index contributed by atoms with van der Waals surface area (Å²) in [5.41, 5.74) is 0. The second-order valence-electron chi connectivity index (χ2n) is 2.87. The number of nitrogens with one attached hydrogen (secondary N) is 1. The second-order valence-corrected chi connectivity index (χ2v) is 5.77. The molecule has 1 N–H and O–H groups in total. The van der Waals surface area contributed by atoms with Crippen molar-refractivity contribution in [2.45, 2.75) is 23.5 Å². The van der Waals surface area contributed by atoms with Crippen LogP contribution in [-0.2, 0) is 15.6 Å². The molecule has 1 heterocycles. The van der Waals surface area contributed by atoms with Gasteiger partial charge in [-0.1, -0.05) is 0 Å². The largest absolute Gasteiger partial charge is 0.353 e. The summed E-state index contributed by atoms with van der Waals surface area (Å²) >= 11 is 1.61. The van der Waals surface area contributed by atoms with Crippen molar-refractivity contribution in [1.29, 1.82) is 0 Å². The SMILES string of the molecule is CSC(CC1CC(=O)N1)S(C)=O. The third-order valence-corrected chi connectivity index (χ3v) is 4.95. The van der Waals surface area contributed by atoms with Gasteiger partial charge in [0.15, 0.2) is 0 Å². The van der Waals surface area contributed by atoms with Crippen LogP contribution >= 0.6 is 11.8 Å². The normalized spacial score (nSPS) is 27.2. The molecule has 1 aliphatic heterocycles. The molecular formula is C7H13NO2S2. The minimum absolute atomic E-state index is 0.113. The molecule has 0 radical (unpaired) electrons. The monoisotopic (exact) mass is 207 g/mol. The van der Waals surface area contributed by atoms with Crippen LogP contribution in [0.15, 0.2) is 0 Å². The molecule has 12 heavy (non-hydrogen) atoms. The molecule has 5 heteroatoms. The lowest BCUT2D eigenvalue weighted by Crippen LogP contribution is -2.49. The fourth-order valence-electron chi connectivity index (χ4n) is 1.17. The van der Waals surface area contributed by atoms with E-state index in [1.165, 1.54) is 0 Å². The van der Waals surface area contributed by atoms with E-state index in [4.69, 9.17) is 0 Å². The van der Waals surface area contributed by atoms with Gasteiger partial charge in [0.25, 0.3) is 0 Å². The number of rotatable bonds is 4. The molecular weight excluding hydrogens is 194 g/mol. The first kappa shape index (κ1) is 10.1. The Hall–Kier alpha value is -0.0300. The average molecular weight is 207 g/mol. The summed E-state index contributed by atoms with van der Waals surface area (Å²) in [6, 6.07) is 0.263. The van der Waals surface area contributed by atoms with E-state index in [1.54, 1.807) is 18.0 Å². The predicted molar refractivity (Wildman–Crippen MR) is 52.5 cm³/mol. The minimum Gasteiger partial charge on any atom is -0.353 e. The van der Waals surface area contributed by atoms with E-state index < -0.39 is 10.8 Å². The Balaban J connectivity index is 2.28. The summed E-state index contributed by atoms with van der Waals surface area (Å²) < 4.78 is 11.3. The summed E-state index contributed by atoms with van der Waals surface area (Å²) in [6.45, 7) is 0. The summed E-state index contributed by atoms with van der Waals surface area (Å²) in [5, 5.41) is 2.78. The molecule has 1 aliphatic rings. The highest BCUT2D eigenvalue weighted by molar-refractivity contribution is 8.10. The number of hydrogen-bond acceptors (Lipinski definition) is 3. The second kappa shape index (κ2) is 4.28. The molecule has 70 valence electrons. The molecule has 3 atom stereocenters. The van der Waals surface area contributed by atoms with E-state index in [-0.39, 0.29) is 16.5 Å². The first-order valence-electron chi connectivity index (χ1n) is 3.78. The van der Waals surface area contributed by atoms with Gasteiger partial charge in [0.1, 0.15) is 0 Å². The van der Waals surface area contributed by atoms with Crippen LogP contribution in [-0.4, -0.2) is 33.3 Å². The third-order valence-electron chi connectivity index (χ3n) is 1.91. The molecule has 0 bridgehead atoms. The third kappa shape index (κ3) is 2.48. The molecule has 3 nitrogen and oxygen atoms in total. The minimum atomic E-state index is -0.791. The van der Waals surface area contributed by atoms with E-state index in [0.717, 1.165) is 6.42 Å². The van der Waals surface area contributed by atoms with E-state index in [9.17, 15) is 9.00 Å². The van der Waals surface area contributed by atoms with Crippen molar-refractivity contribution < 1.29 is 9.00 Å². The van der Waals surface area contributed by atoms with E-state index >= 15 is 0 Å². The quantitative estimate of drug-likeness (QED) is 0.676. The lowest BCUT2D eigenvalue weighted by Gasteiger charge is -2.29. The molecule has 0 aromatic carbocycles. The lowest BCUT2D eigenvalue weighted by molar-refractivity contribution is -0.128. The number of carbonyl (C=O) groups is 1. The van der Waals surface area contributed by atoms with Crippen molar-refractivity contribution in [2.75, 3.05) is 12.5 Å². The van der Waals surface area contributed by atoms with Crippen LogP contribution in [0.3, 0.4) is 0 Å². The molecule has 1 amide bonds. The molecule has 1 saturated heterocycles. The smallest absolute Gasteiger partial charge is 0.222 e. The van der Waals surface area contributed by atoms with Crippen molar-refractivity contribution >= 4 is 28.5 Å². The van der Waals surface area contributed by atoms with Crippen LogP contribution in [0.2, 0.25) is 0 Å². The van der Waals surface area contributed by atoms with E-state index in [2.05, 4.69) is 5.32 Å². The molecule has 1 fully saturated rings. The maximum atomic E-state index is 11.1. The van der Waals surface area contributed by atoms with Crippen molar-refractivity contribution in [3.8, 4) is 0 Å². The van der Waals surface area contributed by atoms with Gasteiger partial charge in [0.2, 0.25) is 5.91 Å². The summed E-state index contributed by atoms with van der Waals surface area (Å²) in [4.78, 5) is 10.6. The number of carbonyl (C=O) groups excluding carboxylic acids is 1. The Bertz CT molecular complexity index is 200. The first-order valence-corrected chi connectivity index (χ1v) is 6.68. The zero-order valence-corrected chi connectivity index (χ0v) is 8.83. The molecule has 0 saturated carbocycles. The van der Waals surface area contributed by atoms with Gasteiger partial charge in [-0.25, -0.2) is 0 Å². The van der Waals surface area contributed by atoms with E-state index in [0.29, 0.717) is 6.42 Å². The number of thioether (sulfide) groups is 1. The molecule has 1 rings (SSSR count). The lowest BCUT2D eigenvalue weighted by atomic mass is 10.0. The van der Waals surface area contributed by atoms with Gasteiger partial charge >= 0.3 is 0 Å². The summed E-state index contributed by atoms with van der Waals surface area (Å²) in [7, 11) is -0.791. The molecule has 0 aromatic rings. The summed E-state index contributed by atoms with van der Waals surface area (Å²) in [5.74, 6) is 0.113. The van der Waals surface area contributed by atoms with Gasteiger partial charge in [-0.05, 0) is 12.7 Å². The Kier molecular flexibility index (Phi) is 3.58. The van der Waals surface area contributed by atoms with Crippen molar-refractivity contribution in [1.82, 2.24) is 5.32 Å². The van der Waals surface area contributed by atoms with Crippen LogP contribution in [0, 0.1) is 0 Å². The number of β-lactam (4-membered cyclic amide) rings is 1. The maximum Gasteiger partial charge on any atom is 0.222 e. The fourth-order valence-corrected chi connectivity index (χ4v) is 3.18. The molecule has 0 spiro atoms. The van der Waals surface area contributed by atoms with Gasteiger partial charge in [-0.2, -0.15) is 0 Å². The highest BCUT2D eigenvalue weighted by Gasteiger charge is 2.28. The summed E-state index contributed by atoms with van der Waals surface area (Å²) in [6.07, 6.45) is 5.10. The molecule has 0 aromatic heterocycles. The van der Waals surface area contributed by atoms with Crippen molar-refractivity contribution in [3.05, 3.63) is 0 Å². The zero-order chi connectivity index (χ0) is 9.14. The van der Waals surface area contributed by atoms with Crippen LogP contribution in [0.5, 0.6) is 0 Å². The topological polar surface area (TPSA) is 46.2 Å². The maximum absolute atomic E-state index is 11.1. The van der Waals surface area contributed by atoms with Gasteiger partial charge in [0.05, 0.1) is 4.58 Å². The van der Waals surface area contributed by atoms with Crippen molar-refractivity contribution in [2.24, 2.45) is 0 Å². The van der Waals surface area contributed by atoms with Gasteiger partial charge in [-0.15, -0.1) is 11.8 Å². The highest BCUT2D eigenvalue weighted by atomic mass is 32.2. The van der Waals surface area contributed by atoms with Gasteiger partial charge in [-0.3, -0.25) is 9.00 Å².